The normalized spacial score (nSPS) is 11.6. The molecular formula is C51H33N5. The van der Waals surface area contributed by atoms with Gasteiger partial charge in [-0.25, -0.2) is 4.98 Å². The lowest BCUT2D eigenvalue weighted by Crippen LogP contribution is -2.06. The number of aromatic nitrogens is 5. The molecule has 0 radical (unpaired) electrons. The van der Waals surface area contributed by atoms with Gasteiger partial charge in [-0.2, -0.15) is 9.97 Å². The predicted molar refractivity (Wildman–Crippen MR) is 230 cm³/mol. The van der Waals surface area contributed by atoms with E-state index in [0.717, 1.165) is 66.3 Å². The molecule has 0 N–H and O–H groups in total. The number of fused-ring (bicyclic) bond motifs is 7. The van der Waals surface area contributed by atoms with Crippen molar-refractivity contribution in [2.24, 2.45) is 0 Å². The van der Waals surface area contributed by atoms with Crippen LogP contribution >= 0.6 is 0 Å². The maximum Gasteiger partial charge on any atom is 0.238 e. The quantitative estimate of drug-likeness (QED) is 0.172. The fourth-order valence-electron chi connectivity index (χ4n) is 8.29. The monoisotopic (exact) mass is 715 g/mol. The number of nitrogens with zero attached hydrogens (tertiary/aromatic N) is 5. The number of hydrogen-bond acceptors (Lipinski definition) is 3. The highest BCUT2D eigenvalue weighted by molar-refractivity contribution is 6.31. The fourth-order valence-corrected chi connectivity index (χ4v) is 8.29. The third-order valence-electron chi connectivity index (χ3n) is 10.8. The summed E-state index contributed by atoms with van der Waals surface area (Å²) < 4.78 is 4.68. The van der Waals surface area contributed by atoms with E-state index in [-0.39, 0.29) is 0 Å². The molecule has 0 amide bonds. The molecule has 0 saturated carbocycles. The van der Waals surface area contributed by atoms with E-state index in [1.165, 1.54) is 16.3 Å². The summed E-state index contributed by atoms with van der Waals surface area (Å²) in [7, 11) is 0. The van der Waals surface area contributed by atoms with Crippen LogP contribution in [0.2, 0.25) is 0 Å². The van der Waals surface area contributed by atoms with Crippen molar-refractivity contribution in [2.75, 3.05) is 0 Å². The van der Waals surface area contributed by atoms with Crippen LogP contribution in [-0.2, 0) is 0 Å². The van der Waals surface area contributed by atoms with E-state index in [2.05, 4.69) is 173 Å². The van der Waals surface area contributed by atoms with Crippen LogP contribution in [0, 0.1) is 0 Å². The van der Waals surface area contributed by atoms with E-state index in [1.807, 2.05) is 36.4 Å². The highest BCUT2D eigenvalue weighted by atomic mass is 15.2. The van der Waals surface area contributed by atoms with Crippen molar-refractivity contribution in [3.8, 4) is 56.7 Å². The summed E-state index contributed by atoms with van der Waals surface area (Å²) in [4.78, 5) is 15.6. The highest BCUT2D eigenvalue weighted by Gasteiger charge is 2.25. The molecule has 11 rings (SSSR count). The van der Waals surface area contributed by atoms with Gasteiger partial charge in [0.15, 0.2) is 11.6 Å². The topological polar surface area (TPSA) is 48.5 Å². The van der Waals surface area contributed by atoms with Gasteiger partial charge in [0, 0.05) is 43.9 Å². The first-order chi connectivity index (χ1) is 27.8. The largest absolute Gasteiger partial charge is 0.309 e. The summed E-state index contributed by atoms with van der Waals surface area (Å²) >= 11 is 0. The van der Waals surface area contributed by atoms with Crippen molar-refractivity contribution in [3.63, 3.8) is 0 Å². The lowest BCUT2D eigenvalue weighted by Gasteiger charge is -2.15. The Morgan fingerprint density at radius 3 is 1.43 bits per heavy atom. The molecule has 0 fully saturated rings. The zero-order valence-corrected chi connectivity index (χ0v) is 30.3. The summed E-state index contributed by atoms with van der Waals surface area (Å²) in [5.41, 5.74) is 11.9. The Hall–Kier alpha value is -7.63. The molecule has 3 aromatic heterocycles. The first kappa shape index (κ1) is 31.9. The van der Waals surface area contributed by atoms with Crippen LogP contribution in [0.4, 0.5) is 0 Å². The van der Waals surface area contributed by atoms with E-state index in [1.54, 1.807) is 0 Å². The Bertz CT molecular complexity index is 3160. The summed E-state index contributed by atoms with van der Waals surface area (Å²) in [5, 5.41) is 4.67. The Morgan fingerprint density at radius 1 is 0.321 bits per heavy atom. The second kappa shape index (κ2) is 13.0. The summed E-state index contributed by atoms with van der Waals surface area (Å²) in [6, 6.07) is 70.4. The van der Waals surface area contributed by atoms with Crippen LogP contribution in [-0.4, -0.2) is 24.1 Å². The zero-order chi connectivity index (χ0) is 37.0. The molecular weight excluding hydrogens is 683 g/mol. The van der Waals surface area contributed by atoms with E-state index >= 15 is 0 Å². The van der Waals surface area contributed by atoms with Gasteiger partial charge in [0.25, 0.3) is 0 Å². The molecule has 0 bridgehead atoms. The molecule has 0 spiro atoms. The molecule has 5 heteroatoms. The highest BCUT2D eigenvalue weighted by Crippen LogP contribution is 2.46. The minimum Gasteiger partial charge on any atom is -0.309 e. The van der Waals surface area contributed by atoms with E-state index < -0.39 is 0 Å². The van der Waals surface area contributed by atoms with E-state index in [9.17, 15) is 0 Å². The maximum atomic E-state index is 5.26. The first-order valence-corrected chi connectivity index (χ1v) is 18.9. The Morgan fingerprint density at radius 2 is 0.804 bits per heavy atom. The molecule has 0 aliphatic carbocycles. The van der Waals surface area contributed by atoms with Gasteiger partial charge < -0.3 is 4.57 Å². The second-order valence-corrected chi connectivity index (χ2v) is 14.0. The minimum absolute atomic E-state index is 0.569. The van der Waals surface area contributed by atoms with Crippen molar-refractivity contribution in [1.29, 1.82) is 0 Å². The van der Waals surface area contributed by atoms with Crippen molar-refractivity contribution in [1.82, 2.24) is 24.1 Å². The predicted octanol–water partition coefficient (Wildman–Crippen LogP) is 12.7. The summed E-state index contributed by atoms with van der Waals surface area (Å²) in [6.07, 6.45) is 0. The van der Waals surface area contributed by atoms with Crippen LogP contribution in [0.15, 0.2) is 200 Å². The number of rotatable bonds is 6. The Kier molecular flexibility index (Phi) is 7.42. The maximum absolute atomic E-state index is 5.26. The van der Waals surface area contributed by atoms with Crippen LogP contribution in [0.5, 0.6) is 0 Å². The zero-order valence-electron chi connectivity index (χ0n) is 30.3. The van der Waals surface area contributed by atoms with Gasteiger partial charge in [0.05, 0.1) is 22.1 Å². The molecule has 8 aromatic carbocycles. The van der Waals surface area contributed by atoms with Gasteiger partial charge in [0.2, 0.25) is 5.95 Å². The third kappa shape index (κ3) is 5.13. The minimum atomic E-state index is 0.569. The number of benzene rings is 8. The molecule has 0 aliphatic heterocycles. The van der Waals surface area contributed by atoms with Crippen LogP contribution < -0.4 is 0 Å². The number of hydrogen-bond donors (Lipinski definition) is 0. The molecule has 0 atom stereocenters. The van der Waals surface area contributed by atoms with Gasteiger partial charge in [-0.3, -0.25) is 4.57 Å². The van der Waals surface area contributed by atoms with Crippen LogP contribution in [0.1, 0.15) is 0 Å². The molecule has 56 heavy (non-hydrogen) atoms. The second-order valence-electron chi connectivity index (χ2n) is 14.0. The van der Waals surface area contributed by atoms with E-state index in [4.69, 9.17) is 15.0 Å². The first-order valence-electron chi connectivity index (χ1n) is 18.9. The summed E-state index contributed by atoms with van der Waals surface area (Å²) in [6.45, 7) is 0. The van der Waals surface area contributed by atoms with E-state index in [0.29, 0.717) is 17.6 Å². The molecule has 3 heterocycles. The SMILES string of the molecule is c1ccc(-c2cccc(-c3cc4c(c5ccccc5n4-c4nc(-c5ccccc5)nc(-c5ccccc5)n4)c4c5ccccc5n(-c5ccccc5)c34)c2)cc1. The number of para-hydroxylation sites is 3. The average molecular weight is 716 g/mol. The lowest BCUT2D eigenvalue weighted by molar-refractivity contribution is 0.953. The van der Waals surface area contributed by atoms with Crippen molar-refractivity contribution in [3.05, 3.63) is 200 Å². The molecule has 0 unspecified atom stereocenters. The van der Waals surface area contributed by atoms with Crippen molar-refractivity contribution >= 4 is 43.6 Å². The Labute approximate surface area is 323 Å². The van der Waals surface area contributed by atoms with Crippen molar-refractivity contribution < 1.29 is 0 Å². The van der Waals surface area contributed by atoms with Gasteiger partial charge in [-0.05, 0) is 53.1 Å². The average Bonchev–Trinajstić information content (AvgIpc) is 3.80. The standard InChI is InChI=1S/C51H33N5/c1-5-18-34(19-6-1)37-24-17-25-38(32-37)42-33-45-46(47-41-29-14-15-30-43(41)55(48(42)47)39-26-11-4-12-27-39)40-28-13-16-31-44(40)56(45)51-53-49(35-20-7-2-8-21-35)52-50(54-51)36-22-9-3-10-23-36/h1-33H. The van der Waals surface area contributed by atoms with Gasteiger partial charge in [-0.1, -0.05) is 164 Å². The van der Waals surface area contributed by atoms with Crippen molar-refractivity contribution in [2.45, 2.75) is 0 Å². The van der Waals surface area contributed by atoms with Gasteiger partial charge >= 0.3 is 0 Å². The molecule has 0 saturated heterocycles. The molecule has 11 aromatic rings. The molecule has 262 valence electrons. The fraction of sp³-hybridized carbons (Fsp3) is 0. The molecule has 5 nitrogen and oxygen atoms in total. The van der Waals surface area contributed by atoms with Gasteiger partial charge in [-0.15, -0.1) is 0 Å². The Balaban J connectivity index is 1.31. The molecule has 0 aliphatic rings. The van der Waals surface area contributed by atoms with Crippen LogP contribution in [0.3, 0.4) is 0 Å². The van der Waals surface area contributed by atoms with Crippen LogP contribution in [0.25, 0.3) is 100 Å². The summed E-state index contributed by atoms with van der Waals surface area (Å²) in [5.74, 6) is 1.81. The smallest absolute Gasteiger partial charge is 0.238 e. The van der Waals surface area contributed by atoms with Gasteiger partial charge in [0.1, 0.15) is 0 Å². The third-order valence-corrected chi connectivity index (χ3v) is 10.8. The lowest BCUT2D eigenvalue weighted by atomic mass is 9.95.